The van der Waals surface area contributed by atoms with Crippen molar-refractivity contribution in [3.8, 4) is 0 Å². The Balaban J connectivity index is 2.15. The van der Waals surface area contributed by atoms with E-state index >= 15 is 0 Å². The Bertz CT molecular complexity index is 467. The molecular formula is C15H20FNO2. The van der Waals surface area contributed by atoms with E-state index in [0.29, 0.717) is 11.1 Å². The van der Waals surface area contributed by atoms with Crippen molar-refractivity contribution in [1.29, 1.82) is 0 Å². The number of aliphatic hydroxyl groups is 1. The molecule has 4 heteroatoms. The highest BCUT2D eigenvalue weighted by Gasteiger charge is 2.33. The minimum Gasteiger partial charge on any atom is -0.394 e. The summed E-state index contributed by atoms with van der Waals surface area (Å²) in [5, 5.41) is 12.5. The number of nitrogens with one attached hydrogen (secondary N) is 1. The van der Waals surface area contributed by atoms with Crippen molar-refractivity contribution in [2.45, 2.75) is 44.6 Å². The highest BCUT2D eigenvalue weighted by molar-refractivity contribution is 5.96. The first-order valence-corrected chi connectivity index (χ1v) is 6.76. The first-order valence-electron chi connectivity index (χ1n) is 6.76. The van der Waals surface area contributed by atoms with Gasteiger partial charge in [-0.3, -0.25) is 4.79 Å². The van der Waals surface area contributed by atoms with Gasteiger partial charge in [-0.1, -0.05) is 19.3 Å². The van der Waals surface area contributed by atoms with Crippen molar-refractivity contribution < 1.29 is 14.3 Å². The number of aryl methyl sites for hydroxylation is 1. The maximum atomic E-state index is 13.0. The molecule has 1 aromatic carbocycles. The minimum absolute atomic E-state index is 0.0427. The van der Waals surface area contributed by atoms with Gasteiger partial charge in [-0.2, -0.15) is 0 Å². The zero-order chi connectivity index (χ0) is 13.9. The highest BCUT2D eigenvalue weighted by Crippen LogP contribution is 2.28. The number of aliphatic hydroxyl groups excluding tert-OH is 1. The zero-order valence-corrected chi connectivity index (χ0v) is 11.2. The van der Waals surface area contributed by atoms with E-state index in [-0.39, 0.29) is 18.3 Å². The van der Waals surface area contributed by atoms with Crippen LogP contribution in [0.4, 0.5) is 4.39 Å². The minimum atomic E-state index is -0.504. The molecule has 0 bridgehead atoms. The third kappa shape index (κ3) is 3.13. The normalized spacial score (nSPS) is 18.1. The molecule has 2 rings (SSSR count). The molecule has 1 aliphatic rings. The van der Waals surface area contributed by atoms with Crippen LogP contribution in [0.15, 0.2) is 18.2 Å². The van der Waals surface area contributed by atoms with Gasteiger partial charge in [0.2, 0.25) is 0 Å². The molecule has 1 aliphatic carbocycles. The summed E-state index contributed by atoms with van der Waals surface area (Å²) < 4.78 is 13.0. The van der Waals surface area contributed by atoms with Gasteiger partial charge in [0.05, 0.1) is 12.1 Å². The maximum absolute atomic E-state index is 13.0. The van der Waals surface area contributed by atoms with Crippen molar-refractivity contribution >= 4 is 5.91 Å². The van der Waals surface area contributed by atoms with Crippen LogP contribution in [0.5, 0.6) is 0 Å². The van der Waals surface area contributed by atoms with E-state index in [4.69, 9.17) is 0 Å². The summed E-state index contributed by atoms with van der Waals surface area (Å²) in [6, 6.07) is 4.13. The zero-order valence-electron chi connectivity index (χ0n) is 11.2. The maximum Gasteiger partial charge on any atom is 0.252 e. The molecule has 0 aliphatic heterocycles. The average Bonchev–Trinajstić information content (AvgIpc) is 2.39. The average molecular weight is 265 g/mol. The number of halogens is 1. The van der Waals surface area contributed by atoms with Crippen molar-refractivity contribution in [2.75, 3.05) is 6.61 Å². The second-order valence-corrected chi connectivity index (χ2v) is 5.41. The molecule has 0 saturated heterocycles. The lowest BCUT2D eigenvalue weighted by Crippen LogP contribution is -2.52. The van der Waals surface area contributed by atoms with Gasteiger partial charge < -0.3 is 10.4 Å². The van der Waals surface area contributed by atoms with Gasteiger partial charge in [-0.25, -0.2) is 4.39 Å². The van der Waals surface area contributed by atoms with Crippen LogP contribution in [0.2, 0.25) is 0 Å². The van der Waals surface area contributed by atoms with Crippen molar-refractivity contribution in [3.63, 3.8) is 0 Å². The molecule has 1 fully saturated rings. The lowest BCUT2D eigenvalue weighted by Gasteiger charge is -2.36. The lowest BCUT2D eigenvalue weighted by atomic mass is 9.82. The number of hydrogen-bond acceptors (Lipinski definition) is 2. The number of carbonyl (C=O) groups is 1. The Morgan fingerprint density at radius 2 is 2.05 bits per heavy atom. The predicted molar refractivity (Wildman–Crippen MR) is 71.5 cm³/mol. The molecule has 1 aromatic rings. The van der Waals surface area contributed by atoms with E-state index < -0.39 is 5.54 Å². The summed E-state index contributed by atoms with van der Waals surface area (Å²) >= 11 is 0. The molecule has 0 spiro atoms. The Labute approximate surface area is 112 Å². The Hall–Kier alpha value is -1.42. The molecule has 0 radical (unpaired) electrons. The van der Waals surface area contributed by atoms with Gasteiger partial charge in [-0.15, -0.1) is 0 Å². The predicted octanol–water partition coefficient (Wildman–Crippen LogP) is 2.56. The van der Waals surface area contributed by atoms with Gasteiger partial charge in [0.15, 0.2) is 0 Å². The third-order valence-electron chi connectivity index (χ3n) is 3.93. The van der Waals surface area contributed by atoms with Crippen LogP contribution in [-0.4, -0.2) is 23.2 Å². The van der Waals surface area contributed by atoms with Gasteiger partial charge in [-0.05, 0) is 43.5 Å². The number of amides is 1. The summed E-state index contributed by atoms with van der Waals surface area (Å²) in [5.74, 6) is -0.572. The molecule has 1 saturated carbocycles. The van der Waals surface area contributed by atoms with Crippen LogP contribution in [-0.2, 0) is 0 Å². The monoisotopic (exact) mass is 265 g/mol. The second-order valence-electron chi connectivity index (χ2n) is 5.41. The fraction of sp³-hybridized carbons (Fsp3) is 0.533. The van der Waals surface area contributed by atoms with Crippen molar-refractivity contribution in [1.82, 2.24) is 5.32 Å². The molecule has 1 amide bonds. The Kier molecular flexibility index (Phi) is 4.20. The van der Waals surface area contributed by atoms with E-state index in [1.54, 1.807) is 6.92 Å². The first-order chi connectivity index (χ1) is 9.06. The van der Waals surface area contributed by atoms with Crippen LogP contribution in [0.25, 0.3) is 0 Å². The number of benzene rings is 1. The van der Waals surface area contributed by atoms with Crippen LogP contribution in [0.3, 0.4) is 0 Å². The van der Waals surface area contributed by atoms with Crippen LogP contribution < -0.4 is 5.32 Å². The molecule has 3 nitrogen and oxygen atoms in total. The summed E-state index contributed by atoms with van der Waals surface area (Å²) in [4.78, 5) is 12.3. The Morgan fingerprint density at radius 3 is 2.63 bits per heavy atom. The summed E-state index contributed by atoms with van der Waals surface area (Å²) in [6.45, 7) is 1.67. The Morgan fingerprint density at radius 1 is 1.37 bits per heavy atom. The molecule has 0 unspecified atom stereocenters. The van der Waals surface area contributed by atoms with E-state index in [2.05, 4.69) is 5.32 Å². The largest absolute Gasteiger partial charge is 0.394 e. The first kappa shape index (κ1) is 14.0. The smallest absolute Gasteiger partial charge is 0.252 e. The standard InChI is InChI=1S/C15H20FNO2/c1-11-9-12(16)5-6-13(11)14(19)17-15(10-18)7-3-2-4-8-15/h5-6,9,18H,2-4,7-8,10H2,1H3,(H,17,19). The van der Waals surface area contributed by atoms with Crippen molar-refractivity contribution in [2.24, 2.45) is 0 Å². The number of hydrogen-bond donors (Lipinski definition) is 2. The molecule has 2 N–H and O–H groups in total. The molecule has 104 valence electrons. The highest BCUT2D eigenvalue weighted by atomic mass is 19.1. The van der Waals surface area contributed by atoms with Gasteiger partial charge in [0, 0.05) is 5.56 Å². The summed E-state index contributed by atoms with van der Waals surface area (Å²) in [6.07, 6.45) is 4.78. The number of carbonyl (C=O) groups excluding carboxylic acids is 1. The van der Waals surface area contributed by atoms with Gasteiger partial charge in [0.25, 0.3) is 5.91 Å². The van der Waals surface area contributed by atoms with Crippen LogP contribution >= 0.6 is 0 Å². The molecule has 0 aromatic heterocycles. The second kappa shape index (κ2) is 5.70. The SMILES string of the molecule is Cc1cc(F)ccc1C(=O)NC1(CO)CCCCC1. The summed E-state index contributed by atoms with van der Waals surface area (Å²) in [7, 11) is 0. The molecule has 0 atom stereocenters. The van der Waals surface area contributed by atoms with E-state index in [0.717, 1.165) is 32.1 Å². The summed E-state index contributed by atoms with van der Waals surface area (Å²) in [5.41, 5.74) is 0.581. The quantitative estimate of drug-likeness (QED) is 0.882. The fourth-order valence-electron chi connectivity index (χ4n) is 2.74. The molecule has 0 heterocycles. The fourth-order valence-corrected chi connectivity index (χ4v) is 2.74. The van der Waals surface area contributed by atoms with E-state index in [1.807, 2.05) is 0 Å². The topological polar surface area (TPSA) is 49.3 Å². The van der Waals surface area contributed by atoms with Crippen LogP contribution in [0, 0.1) is 12.7 Å². The molecule has 19 heavy (non-hydrogen) atoms. The number of rotatable bonds is 3. The van der Waals surface area contributed by atoms with Crippen LogP contribution in [0.1, 0.15) is 48.0 Å². The van der Waals surface area contributed by atoms with E-state index in [1.165, 1.54) is 18.2 Å². The lowest BCUT2D eigenvalue weighted by molar-refractivity contribution is 0.0758. The third-order valence-corrected chi connectivity index (χ3v) is 3.93. The van der Waals surface area contributed by atoms with Crippen molar-refractivity contribution in [3.05, 3.63) is 35.1 Å². The molecular weight excluding hydrogens is 245 g/mol. The van der Waals surface area contributed by atoms with Gasteiger partial charge >= 0.3 is 0 Å². The van der Waals surface area contributed by atoms with Gasteiger partial charge in [0.1, 0.15) is 5.82 Å². The van der Waals surface area contributed by atoms with E-state index in [9.17, 15) is 14.3 Å².